The largest absolute Gasteiger partial charge is 0.494 e. The molecule has 1 atom stereocenters. The minimum atomic E-state index is -0.376. The second-order valence-corrected chi connectivity index (χ2v) is 6.39. The first-order valence-corrected chi connectivity index (χ1v) is 8.85. The van der Waals surface area contributed by atoms with Crippen molar-refractivity contribution in [1.82, 2.24) is 15.4 Å². The van der Waals surface area contributed by atoms with Crippen LogP contribution in [0.1, 0.15) is 56.1 Å². The van der Waals surface area contributed by atoms with Gasteiger partial charge in [-0.2, -0.15) is 0 Å². The maximum atomic E-state index is 5.89. The summed E-state index contributed by atoms with van der Waals surface area (Å²) in [6.45, 7) is 6.34. The van der Waals surface area contributed by atoms with E-state index < -0.39 is 0 Å². The van der Waals surface area contributed by atoms with Gasteiger partial charge < -0.3 is 18.4 Å². The monoisotopic (exact) mass is 355 g/mol. The molecule has 1 aliphatic carbocycles. The molecule has 0 aliphatic heterocycles. The summed E-state index contributed by atoms with van der Waals surface area (Å²) in [6.07, 6.45) is 1.85. The van der Waals surface area contributed by atoms with Gasteiger partial charge in [0.1, 0.15) is 17.1 Å². The summed E-state index contributed by atoms with van der Waals surface area (Å²) >= 11 is 0. The van der Waals surface area contributed by atoms with Crippen LogP contribution in [-0.4, -0.2) is 22.0 Å². The third kappa shape index (κ3) is 3.29. The molecule has 7 nitrogen and oxygen atoms in total. The number of benzene rings is 1. The molecular formula is C19H21N3O4. The van der Waals surface area contributed by atoms with Crippen LogP contribution in [0.4, 0.5) is 0 Å². The molecule has 136 valence electrons. The highest BCUT2D eigenvalue weighted by atomic mass is 16.5. The van der Waals surface area contributed by atoms with E-state index >= 15 is 0 Å². The van der Waals surface area contributed by atoms with Crippen molar-refractivity contribution in [2.24, 2.45) is 0 Å². The Morgan fingerprint density at radius 2 is 1.88 bits per heavy atom. The zero-order valence-electron chi connectivity index (χ0n) is 15.1. The highest BCUT2D eigenvalue weighted by Gasteiger charge is 2.34. The highest BCUT2D eigenvalue weighted by Crippen LogP contribution is 2.45. The van der Waals surface area contributed by atoms with E-state index in [0.29, 0.717) is 30.1 Å². The van der Waals surface area contributed by atoms with E-state index in [1.54, 1.807) is 0 Å². The van der Waals surface area contributed by atoms with Crippen molar-refractivity contribution in [3.05, 3.63) is 41.6 Å². The van der Waals surface area contributed by atoms with Crippen molar-refractivity contribution in [3.63, 3.8) is 0 Å². The van der Waals surface area contributed by atoms with E-state index in [1.165, 1.54) is 0 Å². The average molecular weight is 355 g/mol. The summed E-state index contributed by atoms with van der Waals surface area (Å²) in [6, 6.07) is 7.45. The Hall–Kier alpha value is -2.83. The highest BCUT2D eigenvalue weighted by molar-refractivity contribution is 5.59. The Kier molecular flexibility index (Phi) is 4.36. The van der Waals surface area contributed by atoms with Crippen LogP contribution in [0.5, 0.6) is 11.5 Å². The summed E-state index contributed by atoms with van der Waals surface area (Å²) in [5.74, 6) is 3.62. The summed E-state index contributed by atoms with van der Waals surface area (Å²) < 4.78 is 22.6. The maximum absolute atomic E-state index is 5.89. The standard InChI is InChI=1S/C19H21N3O4/c1-4-23-14-7-9-15(10-8-14)24-12(3)18-20-21-19(25-18)16-11(2)22-26-17(16)13-5-6-13/h7-10,12-13H,4-6H2,1-3H3/t12-/m0/s1. The van der Waals surface area contributed by atoms with Gasteiger partial charge in [-0.25, -0.2) is 0 Å². The lowest BCUT2D eigenvalue weighted by Crippen LogP contribution is -2.03. The predicted octanol–water partition coefficient (Wildman–Crippen LogP) is 4.45. The number of rotatable bonds is 7. The minimum absolute atomic E-state index is 0.376. The quantitative estimate of drug-likeness (QED) is 0.619. The average Bonchev–Trinajstić information content (AvgIpc) is 3.23. The van der Waals surface area contributed by atoms with Crippen molar-refractivity contribution in [3.8, 4) is 23.0 Å². The van der Waals surface area contributed by atoms with Crippen molar-refractivity contribution in [2.75, 3.05) is 6.61 Å². The normalized spacial score (nSPS) is 15.0. The second kappa shape index (κ2) is 6.82. The number of ether oxygens (including phenoxy) is 2. The number of hydrogen-bond donors (Lipinski definition) is 0. The molecule has 1 saturated carbocycles. The van der Waals surface area contributed by atoms with Crippen LogP contribution in [-0.2, 0) is 0 Å². The minimum Gasteiger partial charge on any atom is -0.494 e. The van der Waals surface area contributed by atoms with Crippen LogP contribution in [0.2, 0.25) is 0 Å². The van der Waals surface area contributed by atoms with Gasteiger partial charge in [-0.1, -0.05) is 5.16 Å². The summed E-state index contributed by atoms with van der Waals surface area (Å²) in [5, 5.41) is 12.4. The lowest BCUT2D eigenvalue weighted by atomic mass is 10.1. The summed E-state index contributed by atoms with van der Waals surface area (Å²) in [7, 11) is 0. The fourth-order valence-electron chi connectivity index (χ4n) is 2.81. The Morgan fingerprint density at radius 1 is 1.15 bits per heavy atom. The Bertz CT molecular complexity index is 881. The Balaban J connectivity index is 1.50. The Labute approximate surface area is 151 Å². The smallest absolute Gasteiger partial charge is 0.257 e. The number of aryl methyl sites for hydroxylation is 1. The first-order chi connectivity index (χ1) is 12.7. The molecule has 0 N–H and O–H groups in total. The maximum Gasteiger partial charge on any atom is 0.257 e. The molecular weight excluding hydrogens is 334 g/mol. The molecule has 0 bridgehead atoms. The predicted molar refractivity (Wildman–Crippen MR) is 93.2 cm³/mol. The third-order valence-corrected chi connectivity index (χ3v) is 4.29. The molecule has 1 fully saturated rings. The van der Waals surface area contributed by atoms with Crippen LogP contribution >= 0.6 is 0 Å². The first-order valence-electron chi connectivity index (χ1n) is 8.85. The van der Waals surface area contributed by atoms with E-state index in [-0.39, 0.29) is 6.10 Å². The van der Waals surface area contributed by atoms with Crippen molar-refractivity contribution < 1.29 is 18.4 Å². The van der Waals surface area contributed by atoms with Crippen LogP contribution in [0.3, 0.4) is 0 Å². The van der Waals surface area contributed by atoms with Gasteiger partial charge in [0, 0.05) is 5.92 Å². The van der Waals surface area contributed by atoms with Crippen LogP contribution < -0.4 is 9.47 Å². The van der Waals surface area contributed by atoms with E-state index in [2.05, 4.69) is 15.4 Å². The van der Waals surface area contributed by atoms with Crippen molar-refractivity contribution in [1.29, 1.82) is 0 Å². The summed E-state index contributed by atoms with van der Waals surface area (Å²) in [4.78, 5) is 0. The van der Waals surface area contributed by atoms with Gasteiger partial charge in [0.25, 0.3) is 11.8 Å². The lowest BCUT2D eigenvalue weighted by Gasteiger charge is -2.11. The topological polar surface area (TPSA) is 83.4 Å². The fraction of sp³-hybridized carbons (Fsp3) is 0.421. The second-order valence-electron chi connectivity index (χ2n) is 6.39. The van der Waals surface area contributed by atoms with E-state index in [1.807, 2.05) is 45.0 Å². The zero-order valence-corrected chi connectivity index (χ0v) is 15.1. The van der Waals surface area contributed by atoms with E-state index in [4.69, 9.17) is 18.4 Å². The van der Waals surface area contributed by atoms with Gasteiger partial charge in [-0.15, -0.1) is 10.2 Å². The molecule has 4 rings (SSSR count). The SMILES string of the molecule is CCOc1ccc(O[C@@H](C)c2nnc(-c3c(C)noc3C3CC3)o2)cc1. The molecule has 0 radical (unpaired) electrons. The summed E-state index contributed by atoms with van der Waals surface area (Å²) in [5.41, 5.74) is 1.58. The molecule has 0 amide bonds. The van der Waals surface area contributed by atoms with Gasteiger partial charge in [0.05, 0.1) is 12.3 Å². The molecule has 2 heterocycles. The zero-order chi connectivity index (χ0) is 18.1. The molecule has 26 heavy (non-hydrogen) atoms. The van der Waals surface area contributed by atoms with Gasteiger partial charge >= 0.3 is 0 Å². The molecule has 1 aromatic carbocycles. The van der Waals surface area contributed by atoms with Gasteiger partial charge in [-0.3, -0.25) is 0 Å². The molecule has 2 aromatic heterocycles. The van der Waals surface area contributed by atoms with Crippen LogP contribution in [0.25, 0.3) is 11.5 Å². The van der Waals surface area contributed by atoms with Gasteiger partial charge in [0.15, 0.2) is 11.9 Å². The number of aromatic nitrogens is 3. The van der Waals surface area contributed by atoms with Gasteiger partial charge in [0.2, 0.25) is 0 Å². The number of nitrogens with zero attached hydrogens (tertiary/aromatic N) is 3. The molecule has 0 spiro atoms. The van der Waals surface area contributed by atoms with Gasteiger partial charge in [-0.05, 0) is 57.9 Å². The first kappa shape index (κ1) is 16.6. The lowest BCUT2D eigenvalue weighted by molar-refractivity contribution is 0.189. The fourth-order valence-corrected chi connectivity index (χ4v) is 2.81. The third-order valence-electron chi connectivity index (χ3n) is 4.29. The molecule has 7 heteroatoms. The molecule has 1 aliphatic rings. The molecule has 0 saturated heterocycles. The number of hydrogen-bond acceptors (Lipinski definition) is 7. The van der Waals surface area contributed by atoms with Crippen molar-refractivity contribution in [2.45, 2.75) is 45.6 Å². The van der Waals surface area contributed by atoms with Crippen molar-refractivity contribution >= 4 is 0 Å². The Morgan fingerprint density at radius 3 is 2.58 bits per heavy atom. The van der Waals surface area contributed by atoms with E-state index in [0.717, 1.165) is 35.6 Å². The van der Waals surface area contributed by atoms with E-state index in [9.17, 15) is 0 Å². The molecule has 0 unspecified atom stereocenters. The van der Waals surface area contributed by atoms with Crippen LogP contribution in [0.15, 0.2) is 33.2 Å². The molecule has 3 aromatic rings. The van der Waals surface area contributed by atoms with Crippen LogP contribution in [0, 0.1) is 6.92 Å².